The zero-order chi connectivity index (χ0) is 11.6. The van der Waals surface area contributed by atoms with Gasteiger partial charge < -0.3 is 4.12 Å². The van der Waals surface area contributed by atoms with Crippen LogP contribution in [0.2, 0.25) is 0 Å². The molecule has 0 atom stereocenters. The smallest absolute Gasteiger partial charge is 0.200 e. The van der Waals surface area contributed by atoms with Gasteiger partial charge in [-0.2, -0.15) is 0 Å². The first-order valence-corrected chi connectivity index (χ1v) is 6.39. The van der Waals surface area contributed by atoms with Crippen molar-refractivity contribution in [3.63, 3.8) is 0 Å². The highest BCUT2D eigenvalue weighted by Gasteiger charge is 2.24. The zero-order valence-corrected chi connectivity index (χ0v) is 11.1. The summed E-state index contributed by atoms with van der Waals surface area (Å²) in [5, 5.41) is 0. The summed E-state index contributed by atoms with van der Waals surface area (Å²) in [5.41, 5.74) is -0.770. The Hall–Kier alpha value is -0.736. The molecule has 0 aliphatic rings. The van der Waals surface area contributed by atoms with Gasteiger partial charge in [-0.1, -0.05) is 0 Å². The first-order valence-electron chi connectivity index (χ1n) is 4.00. The maximum Gasteiger partial charge on any atom is 0.200 e. The normalized spacial score (nSPS) is 11.8. The summed E-state index contributed by atoms with van der Waals surface area (Å²) in [6.45, 7) is 0. The van der Waals surface area contributed by atoms with Crippen LogP contribution in [0.25, 0.3) is 0 Å². The molecule has 1 aromatic carbocycles. The Morgan fingerprint density at radius 3 is 1.67 bits per heavy atom. The predicted molar refractivity (Wildman–Crippen MR) is 49.5 cm³/mol. The third kappa shape index (κ3) is 2.26. The Balaban J connectivity index is 3.26. The molecule has 0 unspecified atom stereocenters. The topological polar surface area (TPSA) is 9.23 Å². The van der Waals surface area contributed by atoms with Crippen molar-refractivity contribution < 1.29 is 26.1 Å². The molecule has 84 valence electrons. The molecule has 0 bridgehead atoms. The van der Waals surface area contributed by atoms with Crippen LogP contribution in [0.1, 0.15) is 5.56 Å². The highest BCUT2D eigenvalue weighted by molar-refractivity contribution is 6.33. The quantitative estimate of drug-likeness (QED) is 0.327. The molecule has 0 aliphatic heterocycles. The third-order valence-corrected chi connectivity index (χ3v) is 4.19. The fourth-order valence-electron chi connectivity index (χ4n) is 1.07. The summed E-state index contributed by atoms with van der Waals surface area (Å²) in [5.74, 6) is -9.42. The van der Waals surface area contributed by atoms with Crippen molar-refractivity contribution in [2.75, 3.05) is 0 Å². The summed E-state index contributed by atoms with van der Waals surface area (Å²) in [6.07, 6.45) is 0. The van der Waals surface area contributed by atoms with Gasteiger partial charge in [0.05, 0.1) is 0 Å². The van der Waals surface area contributed by atoms with Crippen LogP contribution in [0.15, 0.2) is 0 Å². The monoisotopic (exact) mass is 258 g/mol. The second-order valence-electron chi connectivity index (χ2n) is 2.79. The van der Waals surface area contributed by atoms with E-state index in [1.807, 2.05) is 0 Å². The van der Waals surface area contributed by atoms with Crippen LogP contribution in [0.4, 0.5) is 22.0 Å². The van der Waals surface area contributed by atoms with E-state index in [4.69, 9.17) is 4.12 Å². The Kier molecular flexibility index (Phi) is 3.99. The molecule has 0 radical (unpaired) electrons. The van der Waals surface area contributed by atoms with Crippen molar-refractivity contribution >= 4 is 20.2 Å². The number of hydrogen-bond donors (Lipinski definition) is 0. The van der Waals surface area contributed by atoms with Crippen LogP contribution in [0.3, 0.4) is 0 Å². The number of rotatable bonds is 3. The van der Waals surface area contributed by atoms with E-state index in [0.29, 0.717) is 10.5 Å². The fraction of sp³-hybridized carbons (Fsp3) is 0.143. The van der Waals surface area contributed by atoms with Gasteiger partial charge >= 0.3 is 0 Å². The minimum Gasteiger partial charge on any atom is -0.468 e. The van der Waals surface area contributed by atoms with Crippen molar-refractivity contribution in [1.82, 2.24) is 0 Å². The SMILES string of the molecule is Fc1c(F)c(F)c(C[SiH2]O[SiH3])c(F)c1F. The Morgan fingerprint density at radius 2 is 1.27 bits per heavy atom. The maximum atomic E-state index is 13.0. The molecule has 15 heavy (non-hydrogen) atoms. The lowest BCUT2D eigenvalue weighted by Crippen LogP contribution is -2.11. The molecule has 1 aromatic rings. The average molecular weight is 258 g/mol. The Morgan fingerprint density at radius 1 is 0.867 bits per heavy atom. The average Bonchev–Trinajstić information content (AvgIpc) is 2.24. The van der Waals surface area contributed by atoms with E-state index in [2.05, 4.69) is 0 Å². The molecule has 0 saturated carbocycles. The number of benzene rings is 1. The standard InChI is InChI=1S/C7H7F5OSi2/c8-3-2(1-15-13-14)4(9)6(11)7(12)5(3)10/h1,15H2,14H3. The largest absolute Gasteiger partial charge is 0.468 e. The molecule has 0 saturated heterocycles. The lowest BCUT2D eigenvalue weighted by molar-refractivity contribution is 0.372. The molecule has 0 N–H and O–H groups in total. The highest BCUT2D eigenvalue weighted by atomic mass is 28.3. The van der Waals surface area contributed by atoms with Gasteiger partial charge in [-0.05, 0) is 6.04 Å². The number of halogens is 5. The second-order valence-corrected chi connectivity index (χ2v) is 6.01. The fourth-order valence-corrected chi connectivity index (χ4v) is 2.53. The highest BCUT2D eigenvalue weighted by Crippen LogP contribution is 2.22. The van der Waals surface area contributed by atoms with Crippen LogP contribution in [-0.4, -0.2) is 20.2 Å². The van der Waals surface area contributed by atoms with Crippen molar-refractivity contribution in [3.05, 3.63) is 34.6 Å². The van der Waals surface area contributed by atoms with Crippen molar-refractivity contribution in [2.24, 2.45) is 0 Å². The summed E-state index contributed by atoms with van der Waals surface area (Å²) in [4.78, 5) is 0. The van der Waals surface area contributed by atoms with E-state index in [0.717, 1.165) is 0 Å². The molecular formula is C7H7F5OSi2. The van der Waals surface area contributed by atoms with Gasteiger partial charge in [-0.15, -0.1) is 0 Å². The van der Waals surface area contributed by atoms with Crippen LogP contribution in [-0.2, 0) is 10.2 Å². The first-order chi connectivity index (χ1) is 7.00. The minimum absolute atomic E-state index is 0.199. The van der Waals surface area contributed by atoms with Gasteiger partial charge in [0, 0.05) is 5.56 Å². The van der Waals surface area contributed by atoms with Crippen LogP contribution in [0, 0.1) is 29.1 Å². The van der Waals surface area contributed by atoms with Gasteiger partial charge in [0.2, 0.25) is 5.82 Å². The van der Waals surface area contributed by atoms with E-state index >= 15 is 0 Å². The second kappa shape index (κ2) is 4.86. The lowest BCUT2D eigenvalue weighted by Gasteiger charge is -2.06. The van der Waals surface area contributed by atoms with E-state index in [1.165, 1.54) is 0 Å². The van der Waals surface area contributed by atoms with E-state index in [-0.39, 0.29) is 6.04 Å². The van der Waals surface area contributed by atoms with Crippen molar-refractivity contribution in [3.8, 4) is 0 Å². The summed E-state index contributed by atoms with van der Waals surface area (Å²) < 4.78 is 68.6. The first kappa shape index (κ1) is 12.3. The van der Waals surface area contributed by atoms with E-state index < -0.39 is 44.4 Å². The van der Waals surface area contributed by atoms with E-state index in [1.54, 1.807) is 0 Å². The molecule has 0 aromatic heterocycles. The maximum absolute atomic E-state index is 13.0. The Labute approximate surface area is 87.7 Å². The van der Waals surface area contributed by atoms with E-state index in [9.17, 15) is 22.0 Å². The van der Waals surface area contributed by atoms with Gasteiger partial charge in [-0.3, -0.25) is 0 Å². The van der Waals surface area contributed by atoms with Crippen LogP contribution >= 0.6 is 0 Å². The van der Waals surface area contributed by atoms with Crippen LogP contribution in [0.5, 0.6) is 0 Å². The molecular weight excluding hydrogens is 251 g/mol. The van der Waals surface area contributed by atoms with Gasteiger partial charge in [-0.25, -0.2) is 22.0 Å². The Bertz CT molecular complexity index is 355. The molecule has 0 aliphatic carbocycles. The molecule has 0 spiro atoms. The van der Waals surface area contributed by atoms with Gasteiger partial charge in [0.1, 0.15) is 20.2 Å². The molecule has 0 fully saturated rings. The predicted octanol–water partition coefficient (Wildman–Crippen LogP) is 0.263. The molecule has 0 amide bonds. The summed E-state index contributed by atoms with van der Waals surface area (Å²) in [6, 6.07) is -0.199. The molecule has 0 heterocycles. The summed E-state index contributed by atoms with van der Waals surface area (Å²) in [7, 11) is -0.842. The number of hydrogen-bond acceptors (Lipinski definition) is 1. The lowest BCUT2D eigenvalue weighted by atomic mass is 10.2. The summed E-state index contributed by atoms with van der Waals surface area (Å²) >= 11 is 0. The third-order valence-electron chi connectivity index (χ3n) is 1.86. The molecule has 1 nitrogen and oxygen atoms in total. The molecule has 1 rings (SSSR count). The zero-order valence-electron chi connectivity index (χ0n) is 7.71. The van der Waals surface area contributed by atoms with Crippen molar-refractivity contribution in [1.29, 1.82) is 0 Å². The van der Waals surface area contributed by atoms with Gasteiger partial charge in [0.15, 0.2) is 23.3 Å². The van der Waals surface area contributed by atoms with Crippen molar-refractivity contribution in [2.45, 2.75) is 6.04 Å². The molecule has 8 heteroatoms. The van der Waals surface area contributed by atoms with Crippen LogP contribution < -0.4 is 0 Å². The van der Waals surface area contributed by atoms with Gasteiger partial charge in [0.25, 0.3) is 0 Å². The minimum atomic E-state index is -2.12.